The Kier molecular flexibility index (Phi) is 3.08. The fourth-order valence-corrected chi connectivity index (χ4v) is 2.32. The molecule has 0 radical (unpaired) electrons. The third kappa shape index (κ3) is 2.51. The number of rotatable bonds is 1. The Morgan fingerprint density at radius 1 is 1.44 bits per heavy atom. The number of allylic oxidation sites excluding steroid dienone is 4. The number of nitrogens with zero attached hydrogens (tertiary/aromatic N) is 1. The topological polar surface area (TPSA) is 67.5 Å². The van der Waals surface area contributed by atoms with Gasteiger partial charge in [0.1, 0.15) is 0 Å². The minimum atomic E-state index is -0.609. The van der Waals surface area contributed by atoms with Crippen LogP contribution in [0.3, 0.4) is 0 Å². The van der Waals surface area contributed by atoms with Crippen LogP contribution in [-0.4, -0.2) is 11.7 Å². The van der Waals surface area contributed by atoms with Gasteiger partial charge in [0.25, 0.3) is 0 Å². The van der Waals surface area contributed by atoms with E-state index in [9.17, 15) is 4.79 Å². The molecule has 0 aliphatic heterocycles. The molecule has 0 fully saturated rings. The largest absolute Gasteiger partial charge is 0.350 e. The summed E-state index contributed by atoms with van der Waals surface area (Å²) in [5.41, 5.74) is 8.46. The van der Waals surface area contributed by atoms with Gasteiger partial charge < -0.3 is 5.73 Å². The summed E-state index contributed by atoms with van der Waals surface area (Å²) in [5, 5.41) is 3.95. The van der Waals surface area contributed by atoms with Crippen LogP contribution in [0.1, 0.15) is 32.1 Å². The molecule has 0 aromatic rings. The van der Waals surface area contributed by atoms with Crippen molar-refractivity contribution < 1.29 is 4.79 Å². The predicted molar refractivity (Wildman–Crippen MR) is 64.0 cm³/mol. The summed E-state index contributed by atoms with van der Waals surface area (Å²) in [5.74, 6) is 0. The van der Waals surface area contributed by atoms with Gasteiger partial charge in [-0.2, -0.15) is 5.10 Å². The van der Waals surface area contributed by atoms with Gasteiger partial charge in [-0.3, -0.25) is 0 Å². The SMILES string of the molecule is NC(=O)N/N=C1/C=C[C@@]2(CC=CCC2)CC1. The number of carbonyl (C=O) groups is 1. The minimum absolute atomic E-state index is 0.334. The van der Waals surface area contributed by atoms with E-state index in [-0.39, 0.29) is 0 Å². The Morgan fingerprint density at radius 2 is 2.31 bits per heavy atom. The minimum Gasteiger partial charge on any atom is -0.350 e. The number of hydrogen-bond donors (Lipinski definition) is 2. The van der Waals surface area contributed by atoms with Crippen molar-refractivity contribution in [2.24, 2.45) is 16.3 Å². The Morgan fingerprint density at radius 3 is 2.88 bits per heavy atom. The fourth-order valence-electron chi connectivity index (χ4n) is 2.32. The number of primary amides is 1. The van der Waals surface area contributed by atoms with Crippen molar-refractivity contribution in [3.05, 3.63) is 24.3 Å². The molecule has 4 heteroatoms. The Balaban J connectivity index is 2.01. The van der Waals surface area contributed by atoms with Crippen LogP contribution in [0.4, 0.5) is 4.79 Å². The summed E-state index contributed by atoms with van der Waals surface area (Å²) in [6, 6.07) is -0.609. The van der Waals surface area contributed by atoms with Gasteiger partial charge in [-0.25, -0.2) is 10.2 Å². The number of hydrogen-bond acceptors (Lipinski definition) is 2. The van der Waals surface area contributed by atoms with Crippen molar-refractivity contribution in [2.75, 3.05) is 0 Å². The average molecular weight is 219 g/mol. The first-order valence-electron chi connectivity index (χ1n) is 5.66. The molecule has 2 aliphatic rings. The van der Waals surface area contributed by atoms with E-state index in [1.807, 2.05) is 6.08 Å². The van der Waals surface area contributed by atoms with E-state index in [1.54, 1.807) is 0 Å². The summed E-state index contributed by atoms with van der Waals surface area (Å²) in [6.07, 6.45) is 14.3. The van der Waals surface area contributed by atoms with E-state index in [1.165, 1.54) is 6.42 Å². The van der Waals surface area contributed by atoms with E-state index in [2.05, 4.69) is 28.8 Å². The second-order valence-electron chi connectivity index (χ2n) is 4.49. The molecule has 0 unspecified atom stereocenters. The van der Waals surface area contributed by atoms with E-state index < -0.39 is 6.03 Å². The molecule has 0 aromatic heterocycles. The van der Waals surface area contributed by atoms with Crippen LogP contribution in [0.5, 0.6) is 0 Å². The summed E-state index contributed by atoms with van der Waals surface area (Å²) in [6.45, 7) is 0. The molecule has 0 bridgehead atoms. The second-order valence-corrected chi connectivity index (χ2v) is 4.49. The highest BCUT2D eigenvalue weighted by atomic mass is 16.2. The van der Waals surface area contributed by atoms with Crippen LogP contribution >= 0.6 is 0 Å². The lowest BCUT2D eigenvalue weighted by molar-refractivity contribution is 0.249. The molecule has 4 nitrogen and oxygen atoms in total. The summed E-state index contributed by atoms with van der Waals surface area (Å²) in [7, 11) is 0. The first-order chi connectivity index (χ1) is 7.70. The van der Waals surface area contributed by atoms with Gasteiger partial charge in [-0.15, -0.1) is 0 Å². The highest BCUT2D eigenvalue weighted by Gasteiger charge is 2.29. The molecule has 3 N–H and O–H groups in total. The van der Waals surface area contributed by atoms with Crippen LogP contribution in [0, 0.1) is 5.41 Å². The van der Waals surface area contributed by atoms with E-state index >= 15 is 0 Å². The zero-order valence-corrected chi connectivity index (χ0v) is 9.28. The molecule has 2 rings (SSSR count). The molecule has 0 saturated heterocycles. The zero-order valence-electron chi connectivity index (χ0n) is 9.28. The number of amides is 2. The van der Waals surface area contributed by atoms with Crippen LogP contribution in [0.2, 0.25) is 0 Å². The monoisotopic (exact) mass is 219 g/mol. The predicted octanol–water partition coefficient (Wildman–Crippen LogP) is 2.09. The third-order valence-electron chi connectivity index (χ3n) is 3.32. The molecule has 0 heterocycles. The van der Waals surface area contributed by atoms with Gasteiger partial charge >= 0.3 is 6.03 Å². The molecule has 16 heavy (non-hydrogen) atoms. The Bertz CT molecular complexity index is 370. The van der Waals surface area contributed by atoms with Gasteiger partial charge in [0.2, 0.25) is 0 Å². The lowest BCUT2D eigenvalue weighted by Crippen LogP contribution is -2.28. The number of nitrogens with two attached hydrogens (primary N) is 1. The van der Waals surface area contributed by atoms with Crippen molar-refractivity contribution in [3.63, 3.8) is 0 Å². The first kappa shape index (κ1) is 10.9. The van der Waals surface area contributed by atoms with Crippen LogP contribution < -0.4 is 11.2 Å². The fraction of sp³-hybridized carbons (Fsp3) is 0.500. The van der Waals surface area contributed by atoms with Crippen molar-refractivity contribution in [1.29, 1.82) is 0 Å². The van der Waals surface area contributed by atoms with Gasteiger partial charge in [-0.05, 0) is 43.6 Å². The van der Waals surface area contributed by atoms with E-state index in [4.69, 9.17) is 5.73 Å². The van der Waals surface area contributed by atoms with Gasteiger partial charge in [-0.1, -0.05) is 18.2 Å². The van der Waals surface area contributed by atoms with Crippen LogP contribution in [-0.2, 0) is 0 Å². The van der Waals surface area contributed by atoms with Crippen LogP contribution in [0.25, 0.3) is 0 Å². The van der Waals surface area contributed by atoms with E-state index in [0.29, 0.717) is 5.41 Å². The van der Waals surface area contributed by atoms with Crippen molar-refractivity contribution in [1.82, 2.24) is 5.43 Å². The molecule has 2 amide bonds. The summed E-state index contributed by atoms with van der Waals surface area (Å²) in [4.78, 5) is 10.5. The summed E-state index contributed by atoms with van der Waals surface area (Å²) < 4.78 is 0. The van der Waals surface area contributed by atoms with Crippen molar-refractivity contribution in [2.45, 2.75) is 32.1 Å². The van der Waals surface area contributed by atoms with Crippen molar-refractivity contribution >= 4 is 11.7 Å². The maximum absolute atomic E-state index is 10.5. The van der Waals surface area contributed by atoms with E-state index in [0.717, 1.165) is 31.4 Å². The Labute approximate surface area is 95.3 Å². The maximum Gasteiger partial charge on any atom is 0.332 e. The molecule has 1 spiro atoms. The molecule has 0 aromatic carbocycles. The molecule has 2 aliphatic carbocycles. The average Bonchev–Trinajstić information content (AvgIpc) is 2.29. The second kappa shape index (κ2) is 4.51. The maximum atomic E-state index is 10.5. The van der Waals surface area contributed by atoms with Gasteiger partial charge in [0.05, 0.1) is 5.71 Å². The number of urea groups is 1. The first-order valence-corrected chi connectivity index (χ1v) is 5.66. The Hall–Kier alpha value is -1.58. The third-order valence-corrected chi connectivity index (χ3v) is 3.32. The molecule has 1 atom stereocenters. The molecule has 0 saturated carbocycles. The van der Waals surface area contributed by atoms with Gasteiger partial charge in [0, 0.05) is 0 Å². The smallest absolute Gasteiger partial charge is 0.332 e. The summed E-state index contributed by atoms with van der Waals surface area (Å²) >= 11 is 0. The number of nitrogens with one attached hydrogen (secondary N) is 1. The van der Waals surface area contributed by atoms with Crippen LogP contribution in [0.15, 0.2) is 29.4 Å². The molecule has 86 valence electrons. The lowest BCUT2D eigenvalue weighted by atomic mass is 9.71. The quantitative estimate of drug-likeness (QED) is 0.514. The normalized spacial score (nSPS) is 30.9. The standard InChI is InChI=1S/C12H17N3O/c13-11(16)15-14-10-4-8-12(9-5-10)6-2-1-3-7-12/h1-2,4,8H,3,5-7,9H2,(H3,13,15,16)/b14-10-/t12-/m0/s1. The number of hydrazone groups is 1. The van der Waals surface area contributed by atoms with Crippen molar-refractivity contribution in [3.8, 4) is 0 Å². The lowest BCUT2D eigenvalue weighted by Gasteiger charge is -2.34. The van der Waals surface area contributed by atoms with Gasteiger partial charge in [0.15, 0.2) is 0 Å². The zero-order chi connectivity index (χ0) is 11.4. The molecular weight excluding hydrogens is 202 g/mol. The molecular formula is C12H17N3O. The highest BCUT2D eigenvalue weighted by Crippen LogP contribution is 2.40. The number of carbonyl (C=O) groups excluding carboxylic acids is 1. The highest BCUT2D eigenvalue weighted by molar-refractivity contribution is 5.96.